The summed E-state index contributed by atoms with van der Waals surface area (Å²) in [5, 5.41) is 9.32. The monoisotopic (exact) mass is 270 g/mol. The smallest absolute Gasteiger partial charge is 0.309 e. The molecule has 1 heterocycles. The number of nitrogens with two attached hydrogens (primary N) is 1. The van der Waals surface area contributed by atoms with Gasteiger partial charge in [0.05, 0.1) is 11.5 Å². The average Bonchev–Trinajstić information content (AvgIpc) is 2.44. The molecule has 1 amide bonds. The quantitative estimate of drug-likeness (QED) is 0.792. The van der Waals surface area contributed by atoms with Crippen molar-refractivity contribution in [2.45, 2.75) is 52.5 Å². The number of carboxylic acids is 1. The molecule has 1 aliphatic heterocycles. The van der Waals surface area contributed by atoms with Crippen LogP contribution in [0.3, 0.4) is 0 Å². The molecule has 0 aromatic carbocycles. The molecular weight excluding hydrogens is 244 g/mol. The number of aliphatic carboxylic acids is 1. The Morgan fingerprint density at radius 1 is 1.32 bits per heavy atom. The molecular formula is C14H26N2O3. The fourth-order valence-corrected chi connectivity index (χ4v) is 2.58. The van der Waals surface area contributed by atoms with Crippen molar-refractivity contribution in [3.05, 3.63) is 0 Å². The highest BCUT2D eigenvalue weighted by Gasteiger charge is 2.41. The molecule has 0 radical (unpaired) electrons. The van der Waals surface area contributed by atoms with Gasteiger partial charge in [0.1, 0.15) is 0 Å². The molecule has 5 heteroatoms. The van der Waals surface area contributed by atoms with Crippen molar-refractivity contribution in [3.63, 3.8) is 0 Å². The summed E-state index contributed by atoms with van der Waals surface area (Å²) in [5.41, 5.74) is 5.30. The lowest BCUT2D eigenvalue weighted by atomic mass is 9.76. The van der Waals surface area contributed by atoms with Crippen LogP contribution in [0.25, 0.3) is 0 Å². The number of likely N-dealkylation sites (tertiary alicyclic amines) is 1. The maximum absolute atomic E-state index is 12.2. The Morgan fingerprint density at radius 2 is 1.84 bits per heavy atom. The first-order valence-electron chi connectivity index (χ1n) is 7.15. The number of piperidine rings is 1. The third-order valence-corrected chi connectivity index (χ3v) is 4.70. The number of carboxylic acid groups (broad SMARTS) is 1. The van der Waals surface area contributed by atoms with Crippen LogP contribution < -0.4 is 5.73 Å². The lowest BCUT2D eigenvalue weighted by Crippen LogP contribution is -2.52. The van der Waals surface area contributed by atoms with Crippen molar-refractivity contribution in [1.29, 1.82) is 0 Å². The van der Waals surface area contributed by atoms with Crippen molar-refractivity contribution in [1.82, 2.24) is 4.90 Å². The van der Waals surface area contributed by atoms with Gasteiger partial charge in [-0.25, -0.2) is 0 Å². The van der Waals surface area contributed by atoms with Crippen molar-refractivity contribution >= 4 is 11.9 Å². The van der Waals surface area contributed by atoms with E-state index in [4.69, 9.17) is 5.73 Å². The molecule has 1 saturated heterocycles. The maximum Gasteiger partial charge on any atom is 0.309 e. The summed E-state index contributed by atoms with van der Waals surface area (Å²) in [6.07, 6.45) is 2.53. The van der Waals surface area contributed by atoms with Crippen LogP contribution in [0.2, 0.25) is 0 Å². The highest BCUT2D eigenvalue weighted by molar-refractivity contribution is 5.82. The summed E-state index contributed by atoms with van der Waals surface area (Å²) in [4.78, 5) is 25.3. The molecule has 1 aliphatic rings. The van der Waals surface area contributed by atoms with Crippen LogP contribution in [0.15, 0.2) is 0 Å². The molecule has 2 unspecified atom stereocenters. The van der Waals surface area contributed by atoms with E-state index in [9.17, 15) is 14.7 Å². The number of nitrogens with zero attached hydrogens (tertiary/aromatic N) is 1. The molecule has 1 fully saturated rings. The Morgan fingerprint density at radius 3 is 2.21 bits per heavy atom. The summed E-state index contributed by atoms with van der Waals surface area (Å²) < 4.78 is 0. The van der Waals surface area contributed by atoms with Crippen LogP contribution in [0.5, 0.6) is 0 Å². The van der Waals surface area contributed by atoms with E-state index in [2.05, 4.69) is 0 Å². The molecule has 0 spiro atoms. The number of amides is 1. The molecule has 0 aromatic heterocycles. The van der Waals surface area contributed by atoms with Gasteiger partial charge in [0.15, 0.2) is 0 Å². The van der Waals surface area contributed by atoms with Crippen LogP contribution in [0.1, 0.15) is 46.5 Å². The van der Waals surface area contributed by atoms with Crippen LogP contribution in [0.4, 0.5) is 0 Å². The van der Waals surface area contributed by atoms with Crippen LogP contribution in [-0.2, 0) is 9.59 Å². The topological polar surface area (TPSA) is 83.6 Å². The van der Waals surface area contributed by atoms with Gasteiger partial charge in [0.2, 0.25) is 5.91 Å². The first-order chi connectivity index (χ1) is 8.88. The van der Waals surface area contributed by atoms with Gasteiger partial charge in [-0.15, -0.1) is 0 Å². The van der Waals surface area contributed by atoms with Crippen molar-refractivity contribution in [3.8, 4) is 0 Å². The molecule has 110 valence electrons. The SMILES string of the molecule is CCC(C)C(N)C(=O)N1CCC(CC)(C(=O)O)CC1. The second-order valence-corrected chi connectivity index (χ2v) is 5.68. The zero-order valence-electron chi connectivity index (χ0n) is 12.2. The fraction of sp³-hybridized carbons (Fsp3) is 0.857. The Labute approximate surface area is 115 Å². The lowest BCUT2D eigenvalue weighted by molar-refractivity contribution is -0.155. The molecule has 1 rings (SSSR count). The normalized spacial score (nSPS) is 21.8. The van der Waals surface area contributed by atoms with Gasteiger partial charge in [-0.1, -0.05) is 27.2 Å². The third-order valence-electron chi connectivity index (χ3n) is 4.70. The number of carbonyl (C=O) groups excluding carboxylic acids is 1. The van der Waals surface area contributed by atoms with Crippen LogP contribution in [0, 0.1) is 11.3 Å². The van der Waals surface area contributed by atoms with E-state index >= 15 is 0 Å². The van der Waals surface area contributed by atoms with Gasteiger partial charge in [-0.2, -0.15) is 0 Å². The van der Waals surface area contributed by atoms with Gasteiger partial charge in [-0.05, 0) is 25.2 Å². The molecule has 0 aliphatic carbocycles. The number of hydrogen-bond donors (Lipinski definition) is 2. The predicted molar refractivity (Wildman–Crippen MR) is 73.6 cm³/mol. The third kappa shape index (κ3) is 3.26. The Hall–Kier alpha value is -1.10. The van der Waals surface area contributed by atoms with Crippen LogP contribution >= 0.6 is 0 Å². The van der Waals surface area contributed by atoms with E-state index in [1.54, 1.807) is 4.90 Å². The van der Waals surface area contributed by atoms with E-state index in [1.807, 2.05) is 20.8 Å². The summed E-state index contributed by atoms with van der Waals surface area (Å²) in [7, 11) is 0. The Kier molecular flexibility index (Phi) is 5.35. The van der Waals surface area contributed by atoms with Crippen molar-refractivity contribution < 1.29 is 14.7 Å². The van der Waals surface area contributed by atoms with E-state index in [0.29, 0.717) is 32.4 Å². The molecule has 0 aromatic rings. The zero-order chi connectivity index (χ0) is 14.6. The fourth-order valence-electron chi connectivity index (χ4n) is 2.58. The molecule has 3 N–H and O–H groups in total. The summed E-state index contributed by atoms with van der Waals surface area (Å²) in [6.45, 7) is 6.89. The van der Waals surface area contributed by atoms with Gasteiger partial charge in [0, 0.05) is 13.1 Å². The first kappa shape index (κ1) is 16.0. The van der Waals surface area contributed by atoms with Gasteiger partial charge in [-0.3, -0.25) is 9.59 Å². The lowest BCUT2D eigenvalue weighted by Gasteiger charge is -2.39. The maximum atomic E-state index is 12.2. The minimum Gasteiger partial charge on any atom is -0.481 e. The van der Waals surface area contributed by atoms with E-state index in [1.165, 1.54) is 0 Å². The Balaban J connectivity index is 2.63. The predicted octanol–water partition coefficient (Wildman–Crippen LogP) is 1.46. The van der Waals surface area contributed by atoms with E-state index in [0.717, 1.165) is 6.42 Å². The van der Waals surface area contributed by atoms with Crippen molar-refractivity contribution in [2.24, 2.45) is 17.1 Å². The van der Waals surface area contributed by atoms with Gasteiger partial charge < -0.3 is 15.7 Å². The van der Waals surface area contributed by atoms with E-state index in [-0.39, 0.29) is 11.8 Å². The van der Waals surface area contributed by atoms with Crippen LogP contribution in [-0.4, -0.2) is 41.0 Å². The molecule has 19 heavy (non-hydrogen) atoms. The minimum absolute atomic E-state index is 0.0376. The van der Waals surface area contributed by atoms with E-state index < -0.39 is 17.4 Å². The van der Waals surface area contributed by atoms with Crippen molar-refractivity contribution in [2.75, 3.05) is 13.1 Å². The highest BCUT2D eigenvalue weighted by atomic mass is 16.4. The second kappa shape index (κ2) is 6.37. The standard InChI is InChI=1S/C14H26N2O3/c1-4-10(3)11(15)12(17)16-8-6-14(5-2,7-9-16)13(18)19/h10-11H,4-9,15H2,1-3H3,(H,18,19). The zero-order valence-corrected chi connectivity index (χ0v) is 12.2. The number of rotatable bonds is 5. The first-order valence-corrected chi connectivity index (χ1v) is 7.15. The number of carbonyl (C=O) groups is 2. The molecule has 0 saturated carbocycles. The van der Waals surface area contributed by atoms with Gasteiger partial charge in [0.25, 0.3) is 0 Å². The van der Waals surface area contributed by atoms with Gasteiger partial charge >= 0.3 is 5.97 Å². The summed E-state index contributed by atoms with van der Waals surface area (Å²) in [5.74, 6) is -0.623. The number of hydrogen-bond acceptors (Lipinski definition) is 3. The molecule has 5 nitrogen and oxygen atoms in total. The highest BCUT2D eigenvalue weighted by Crippen LogP contribution is 2.35. The largest absolute Gasteiger partial charge is 0.481 e. The Bertz CT molecular complexity index is 336. The summed E-state index contributed by atoms with van der Waals surface area (Å²) in [6, 6.07) is -0.469. The molecule has 0 bridgehead atoms. The second-order valence-electron chi connectivity index (χ2n) is 5.68. The summed E-state index contributed by atoms with van der Waals surface area (Å²) >= 11 is 0. The molecule has 2 atom stereocenters. The minimum atomic E-state index is -0.742. The average molecular weight is 270 g/mol.